The zero-order chi connectivity index (χ0) is 8.43. The van der Waals surface area contributed by atoms with E-state index in [1.165, 1.54) is 12.8 Å². The van der Waals surface area contributed by atoms with Gasteiger partial charge in [-0.2, -0.15) is 0 Å². The second kappa shape index (κ2) is 3.24. The van der Waals surface area contributed by atoms with E-state index in [-0.39, 0.29) is 11.8 Å². The van der Waals surface area contributed by atoms with Crippen LogP contribution >= 0.6 is 0 Å². The fourth-order valence-corrected chi connectivity index (χ4v) is 1.37. The fraction of sp³-hybridized carbons (Fsp3) is 0.889. The van der Waals surface area contributed by atoms with Crippen LogP contribution in [0.15, 0.2) is 0 Å². The Morgan fingerprint density at radius 2 is 2.09 bits per heavy atom. The van der Waals surface area contributed by atoms with E-state index in [4.69, 9.17) is 5.11 Å². The molecule has 64 valence electrons. The molecule has 11 heavy (non-hydrogen) atoms. The normalized spacial score (nSPS) is 20.3. The number of carboxylic acid groups (broad SMARTS) is 1. The van der Waals surface area contributed by atoms with Crippen molar-refractivity contribution in [3.63, 3.8) is 0 Å². The molecule has 1 aliphatic rings. The van der Waals surface area contributed by atoms with E-state index in [1.807, 2.05) is 13.8 Å². The van der Waals surface area contributed by atoms with Gasteiger partial charge < -0.3 is 5.11 Å². The van der Waals surface area contributed by atoms with Gasteiger partial charge in [-0.25, -0.2) is 0 Å². The van der Waals surface area contributed by atoms with Crippen molar-refractivity contribution >= 4 is 5.97 Å². The van der Waals surface area contributed by atoms with Crippen LogP contribution in [-0.2, 0) is 4.79 Å². The Bertz CT molecular complexity index is 148. The molecular weight excluding hydrogens is 140 g/mol. The van der Waals surface area contributed by atoms with Crippen LogP contribution in [0.4, 0.5) is 0 Å². The molecule has 1 unspecified atom stereocenters. The second-order valence-corrected chi connectivity index (χ2v) is 3.87. The van der Waals surface area contributed by atoms with Crippen LogP contribution in [0.1, 0.15) is 33.1 Å². The Kier molecular flexibility index (Phi) is 2.53. The van der Waals surface area contributed by atoms with Crippen LogP contribution in [0.2, 0.25) is 0 Å². The summed E-state index contributed by atoms with van der Waals surface area (Å²) in [4.78, 5) is 10.7. The highest BCUT2D eigenvalue weighted by Gasteiger charge is 2.30. The van der Waals surface area contributed by atoms with E-state index < -0.39 is 5.97 Å². The first-order valence-corrected chi connectivity index (χ1v) is 4.34. The van der Waals surface area contributed by atoms with Gasteiger partial charge in [-0.05, 0) is 18.3 Å². The van der Waals surface area contributed by atoms with Crippen molar-refractivity contribution in [2.45, 2.75) is 33.1 Å². The molecule has 1 fully saturated rings. The van der Waals surface area contributed by atoms with Gasteiger partial charge in [0, 0.05) is 0 Å². The van der Waals surface area contributed by atoms with Crippen LogP contribution in [-0.4, -0.2) is 11.1 Å². The molecule has 0 heterocycles. The zero-order valence-corrected chi connectivity index (χ0v) is 7.21. The molecule has 1 aliphatic carbocycles. The SMILES string of the molecule is CC(C)C(CC1CC1)C(=O)O. The van der Waals surface area contributed by atoms with Crippen LogP contribution in [0, 0.1) is 17.8 Å². The number of rotatable bonds is 4. The van der Waals surface area contributed by atoms with Gasteiger partial charge in [-0.1, -0.05) is 26.7 Å². The highest BCUT2D eigenvalue weighted by molar-refractivity contribution is 5.70. The molecule has 1 atom stereocenters. The number of carbonyl (C=O) groups is 1. The highest BCUT2D eigenvalue weighted by Crippen LogP contribution is 2.37. The zero-order valence-electron chi connectivity index (χ0n) is 7.21. The molecule has 1 saturated carbocycles. The molecule has 0 radical (unpaired) electrons. The quantitative estimate of drug-likeness (QED) is 0.677. The monoisotopic (exact) mass is 156 g/mol. The minimum Gasteiger partial charge on any atom is -0.481 e. The van der Waals surface area contributed by atoms with Gasteiger partial charge in [0.25, 0.3) is 0 Å². The molecule has 0 aromatic heterocycles. The summed E-state index contributed by atoms with van der Waals surface area (Å²) in [6, 6.07) is 0. The third kappa shape index (κ3) is 2.52. The first-order chi connectivity index (χ1) is 5.11. The van der Waals surface area contributed by atoms with E-state index >= 15 is 0 Å². The number of aliphatic carboxylic acids is 1. The van der Waals surface area contributed by atoms with Gasteiger partial charge in [0.15, 0.2) is 0 Å². The van der Waals surface area contributed by atoms with Gasteiger partial charge in [-0.15, -0.1) is 0 Å². The molecule has 1 rings (SSSR count). The number of hydrogen-bond donors (Lipinski definition) is 1. The van der Waals surface area contributed by atoms with Gasteiger partial charge >= 0.3 is 5.97 Å². The van der Waals surface area contributed by atoms with Crippen LogP contribution in [0.5, 0.6) is 0 Å². The lowest BCUT2D eigenvalue weighted by atomic mass is 9.91. The van der Waals surface area contributed by atoms with E-state index in [0.717, 1.165) is 12.3 Å². The van der Waals surface area contributed by atoms with Crippen molar-refractivity contribution in [1.29, 1.82) is 0 Å². The van der Waals surface area contributed by atoms with Crippen LogP contribution in [0.25, 0.3) is 0 Å². The predicted molar refractivity (Wildman–Crippen MR) is 43.3 cm³/mol. The third-order valence-corrected chi connectivity index (χ3v) is 2.41. The summed E-state index contributed by atoms with van der Waals surface area (Å²) in [5, 5.41) is 8.82. The maximum atomic E-state index is 10.7. The third-order valence-electron chi connectivity index (χ3n) is 2.41. The lowest BCUT2D eigenvalue weighted by molar-refractivity contribution is -0.143. The van der Waals surface area contributed by atoms with Crippen molar-refractivity contribution in [1.82, 2.24) is 0 Å². The summed E-state index contributed by atoms with van der Waals surface area (Å²) in [5.41, 5.74) is 0. The highest BCUT2D eigenvalue weighted by atomic mass is 16.4. The predicted octanol–water partition coefficient (Wildman–Crippen LogP) is 2.14. The molecule has 1 N–H and O–H groups in total. The summed E-state index contributed by atoms with van der Waals surface area (Å²) in [7, 11) is 0. The van der Waals surface area contributed by atoms with Gasteiger partial charge in [0.05, 0.1) is 5.92 Å². The first kappa shape index (κ1) is 8.57. The molecule has 0 spiro atoms. The molecule has 2 heteroatoms. The molecule has 0 aromatic rings. The van der Waals surface area contributed by atoms with Crippen molar-refractivity contribution in [3.05, 3.63) is 0 Å². The van der Waals surface area contributed by atoms with E-state index in [0.29, 0.717) is 0 Å². The van der Waals surface area contributed by atoms with Crippen molar-refractivity contribution in [3.8, 4) is 0 Å². The van der Waals surface area contributed by atoms with E-state index in [2.05, 4.69) is 0 Å². The molecule has 0 bridgehead atoms. The maximum Gasteiger partial charge on any atom is 0.306 e. The van der Waals surface area contributed by atoms with Crippen molar-refractivity contribution < 1.29 is 9.90 Å². The first-order valence-electron chi connectivity index (χ1n) is 4.34. The van der Waals surface area contributed by atoms with Gasteiger partial charge in [0.1, 0.15) is 0 Å². The van der Waals surface area contributed by atoms with Gasteiger partial charge in [-0.3, -0.25) is 4.79 Å². The van der Waals surface area contributed by atoms with Crippen LogP contribution in [0.3, 0.4) is 0 Å². The number of carboxylic acids is 1. The van der Waals surface area contributed by atoms with Crippen LogP contribution < -0.4 is 0 Å². The molecular formula is C9H16O2. The summed E-state index contributed by atoms with van der Waals surface area (Å²) >= 11 is 0. The summed E-state index contributed by atoms with van der Waals surface area (Å²) in [6.45, 7) is 3.97. The average Bonchev–Trinajstić information content (AvgIpc) is 2.63. The molecule has 0 aliphatic heterocycles. The average molecular weight is 156 g/mol. The minimum absolute atomic E-state index is 0.109. The fourth-order valence-electron chi connectivity index (χ4n) is 1.37. The molecule has 0 aromatic carbocycles. The summed E-state index contributed by atoms with van der Waals surface area (Å²) in [5.74, 6) is 0.279. The standard InChI is InChI=1S/C9H16O2/c1-6(2)8(9(10)11)5-7-3-4-7/h6-8H,3-5H2,1-2H3,(H,10,11). The Hall–Kier alpha value is -0.530. The second-order valence-electron chi connectivity index (χ2n) is 3.87. The largest absolute Gasteiger partial charge is 0.481 e. The summed E-state index contributed by atoms with van der Waals surface area (Å²) in [6.07, 6.45) is 3.39. The smallest absolute Gasteiger partial charge is 0.306 e. The minimum atomic E-state index is -0.619. The maximum absolute atomic E-state index is 10.7. The lowest BCUT2D eigenvalue weighted by Gasteiger charge is -2.14. The van der Waals surface area contributed by atoms with E-state index in [1.54, 1.807) is 0 Å². The molecule has 2 nitrogen and oxygen atoms in total. The number of hydrogen-bond acceptors (Lipinski definition) is 1. The Morgan fingerprint density at radius 1 is 1.55 bits per heavy atom. The van der Waals surface area contributed by atoms with Crippen molar-refractivity contribution in [2.24, 2.45) is 17.8 Å². The van der Waals surface area contributed by atoms with Crippen molar-refractivity contribution in [2.75, 3.05) is 0 Å². The summed E-state index contributed by atoms with van der Waals surface area (Å²) < 4.78 is 0. The van der Waals surface area contributed by atoms with Gasteiger partial charge in [0.2, 0.25) is 0 Å². The Morgan fingerprint density at radius 3 is 2.36 bits per heavy atom. The lowest BCUT2D eigenvalue weighted by Crippen LogP contribution is -2.20. The Balaban J connectivity index is 2.37. The molecule has 0 saturated heterocycles. The molecule has 0 amide bonds. The topological polar surface area (TPSA) is 37.3 Å². The Labute approximate surface area is 67.6 Å². The van der Waals surface area contributed by atoms with E-state index in [9.17, 15) is 4.79 Å².